The van der Waals surface area contributed by atoms with E-state index in [1.165, 1.54) is 24.0 Å². The van der Waals surface area contributed by atoms with E-state index in [-0.39, 0.29) is 0 Å². The van der Waals surface area contributed by atoms with Crippen LogP contribution in [0.3, 0.4) is 0 Å². The van der Waals surface area contributed by atoms with Crippen LogP contribution in [0, 0.1) is 6.92 Å². The molecule has 0 saturated heterocycles. The number of unbranched alkanes of at least 4 members (excludes halogenated alkanes) is 1. The molecular weight excluding hydrogens is 190 g/mol. The molecule has 1 aromatic heterocycles. The van der Waals surface area contributed by atoms with Crippen LogP contribution in [-0.2, 0) is 0 Å². The molecule has 1 unspecified atom stereocenters. The van der Waals surface area contributed by atoms with Crippen molar-refractivity contribution in [3.8, 4) is 0 Å². The summed E-state index contributed by atoms with van der Waals surface area (Å²) in [6, 6.07) is 0.515. The zero-order chi connectivity index (χ0) is 10.4. The van der Waals surface area contributed by atoms with Crippen molar-refractivity contribution in [3.05, 3.63) is 34.5 Å². The summed E-state index contributed by atoms with van der Waals surface area (Å²) in [5.41, 5.74) is 2.87. The second kappa shape index (κ2) is 5.99. The number of nitrogens with one attached hydrogen (secondary N) is 1. The number of hydrogen-bond donors (Lipinski definition) is 1. The first-order valence-corrected chi connectivity index (χ1v) is 6.04. The van der Waals surface area contributed by atoms with Crippen LogP contribution < -0.4 is 5.32 Å². The zero-order valence-electron chi connectivity index (χ0n) is 9.05. The quantitative estimate of drug-likeness (QED) is 0.557. The van der Waals surface area contributed by atoms with Gasteiger partial charge in [0, 0.05) is 6.04 Å². The molecule has 0 radical (unpaired) electrons. The SMILES string of the molecule is C=CCCCC(NC)c1cscc1C. The smallest absolute Gasteiger partial charge is 0.0328 e. The molecule has 1 rings (SSSR count). The van der Waals surface area contributed by atoms with Gasteiger partial charge in [0.2, 0.25) is 0 Å². The van der Waals surface area contributed by atoms with Gasteiger partial charge in [-0.25, -0.2) is 0 Å². The van der Waals surface area contributed by atoms with Gasteiger partial charge < -0.3 is 5.32 Å². The van der Waals surface area contributed by atoms with Gasteiger partial charge in [-0.2, -0.15) is 11.3 Å². The topological polar surface area (TPSA) is 12.0 Å². The van der Waals surface area contributed by atoms with E-state index in [0.29, 0.717) is 6.04 Å². The Morgan fingerprint density at radius 3 is 2.86 bits per heavy atom. The van der Waals surface area contributed by atoms with Crippen LogP contribution >= 0.6 is 11.3 Å². The van der Waals surface area contributed by atoms with E-state index in [2.05, 4.69) is 29.6 Å². The van der Waals surface area contributed by atoms with E-state index in [1.54, 1.807) is 11.3 Å². The molecule has 0 aliphatic heterocycles. The van der Waals surface area contributed by atoms with E-state index in [1.807, 2.05) is 13.1 Å². The van der Waals surface area contributed by atoms with Gasteiger partial charge in [0.15, 0.2) is 0 Å². The van der Waals surface area contributed by atoms with Crippen molar-refractivity contribution >= 4 is 11.3 Å². The van der Waals surface area contributed by atoms with Crippen molar-refractivity contribution in [3.63, 3.8) is 0 Å². The van der Waals surface area contributed by atoms with Crippen molar-refractivity contribution < 1.29 is 0 Å². The van der Waals surface area contributed by atoms with E-state index < -0.39 is 0 Å². The predicted molar refractivity (Wildman–Crippen MR) is 64.9 cm³/mol. The number of thiophene rings is 1. The Balaban J connectivity index is 2.54. The average molecular weight is 209 g/mol. The highest BCUT2D eigenvalue weighted by atomic mass is 32.1. The third-order valence-electron chi connectivity index (χ3n) is 2.52. The molecule has 2 heteroatoms. The lowest BCUT2D eigenvalue weighted by Crippen LogP contribution is -2.16. The molecule has 0 spiro atoms. The minimum Gasteiger partial charge on any atom is -0.313 e. The van der Waals surface area contributed by atoms with Crippen molar-refractivity contribution in [1.29, 1.82) is 0 Å². The number of allylic oxidation sites excluding steroid dienone is 1. The Bertz CT molecular complexity index is 278. The molecule has 1 atom stereocenters. The van der Waals surface area contributed by atoms with E-state index in [4.69, 9.17) is 0 Å². The number of rotatable bonds is 6. The molecule has 0 bridgehead atoms. The molecule has 1 heterocycles. The lowest BCUT2D eigenvalue weighted by molar-refractivity contribution is 0.529. The molecule has 14 heavy (non-hydrogen) atoms. The summed E-state index contributed by atoms with van der Waals surface area (Å²) in [5, 5.41) is 7.85. The van der Waals surface area contributed by atoms with Gasteiger partial charge in [-0.05, 0) is 55.1 Å². The third kappa shape index (κ3) is 2.96. The van der Waals surface area contributed by atoms with Gasteiger partial charge in [-0.15, -0.1) is 6.58 Å². The summed E-state index contributed by atoms with van der Waals surface area (Å²) in [6.07, 6.45) is 5.51. The number of hydrogen-bond acceptors (Lipinski definition) is 2. The Morgan fingerprint density at radius 1 is 1.57 bits per heavy atom. The van der Waals surface area contributed by atoms with Gasteiger partial charge in [0.05, 0.1) is 0 Å². The summed E-state index contributed by atoms with van der Waals surface area (Å²) >= 11 is 1.79. The van der Waals surface area contributed by atoms with Gasteiger partial charge in [-0.3, -0.25) is 0 Å². The third-order valence-corrected chi connectivity index (χ3v) is 3.40. The lowest BCUT2D eigenvalue weighted by Gasteiger charge is -2.15. The van der Waals surface area contributed by atoms with Crippen molar-refractivity contribution in [2.45, 2.75) is 32.2 Å². The Morgan fingerprint density at radius 2 is 2.36 bits per heavy atom. The molecule has 0 amide bonds. The number of aryl methyl sites for hydroxylation is 1. The largest absolute Gasteiger partial charge is 0.313 e. The molecular formula is C12H19NS. The van der Waals surface area contributed by atoms with Gasteiger partial charge in [0.25, 0.3) is 0 Å². The van der Waals surface area contributed by atoms with Crippen LogP contribution in [0.25, 0.3) is 0 Å². The zero-order valence-corrected chi connectivity index (χ0v) is 9.86. The minimum absolute atomic E-state index is 0.515. The summed E-state index contributed by atoms with van der Waals surface area (Å²) in [7, 11) is 2.04. The molecule has 78 valence electrons. The highest BCUT2D eigenvalue weighted by molar-refractivity contribution is 7.08. The van der Waals surface area contributed by atoms with E-state index >= 15 is 0 Å². The molecule has 0 aliphatic carbocycles. The van der Waals surface area contributed by atoms with Crippen LogP contribution in [0.2, 0.25) is 0 Å². The molecule has 1 N–H and O–H groups in total. The molecule has 0 fully saturated rings. The fraction of sp³-hybridized carbons (Fsp3) is 0.500. The van der Waals surface area contributed by atoms with Crippen LogP contribution in [0.15, 0.2) is 23.4 Å². The molecule has 1 nitrogen and oxygen atoms in total. The molecule has 0 aromatic carbocycles. The second-order valence-electron chi connectivity index (χ2n) is 3.57. The highest BCUT2D eigenvalue weighted by Crippen LogP contribution is 2.25. The maximum absolute atomic E-state index is 3.75. The first-order chi connectivity index (χ1) is 6.79. The summed E-state index contributed by atoms with van der Waals surface area (Å²) < 4.78 is 0. The summed E-state index contributed by atoms with van der Waals surface area (Å²) in [6.45, 7) is 5.93. The first-order valence-electron chi connectivity index (χ1n) is 5.10. The Kier molecular flexibility index (Phi) is 4.91. The molecule has 0 saturated carbocycles. The summed E-state index contributed by atoms with van der Waals surface area (Å²) in [4.78, 5) is 0. The first kappa shape index (κ1) is 11.5. The standard InChI is InChI=1S/C12H19NS/c1-4-5-6-7-12(13-3)11-9-14-8-10(11)2/h4,8-9,12-13H,1,5-7H2,2-3H3. The van der Waals surface area contributed by atoms with Crippen LogP contribution in [0.4, 0.5) is 0 Å². The fourth-order valence-electron chi connectivity index (χ4n) is 1.65. The highest BCUT2D eigenvalue weighted by Gasteiger charge is 2.11. The fourth-order valence-corrected chi connectivity index (χ4v) is 2.55. The van der Waals surface area contributed by atoms with Crippen molar-refractivity contribution in [2.24, 2.45) is 0 Å². The van der Waals surface area contributed by atoms with Crippen LogP contribution in [0.5, 0.6) is 0 Å². The van der Waals surface area contributed by atoms with Gasteiger partial charge in [-0.1, -0.05) is 6.08 Å². The lowest BCUT2D eigenvalue weighted by atomic mass is 10.0. The van der Waals surface area contributed by atoms with E-state index in [9.17, 15) is 0 Å². The maximum atomic E-state index is 3.75. The Labute approximate surface area is 90.9 Å². The van der Waals surface area contributed by atoms with Crippen molar-refractivity contribution in [1.82, 2.24) is 5.32 Å². The normalized spacial score (nSPS) is 12.7. The van der Waals surface area contributed by atoms with Crippen LogP contribution in [-0.4, -0.2) is 7.05 Å². The van der Waals surface area contributed by atoms with Crippen molar-refractivity contribution in [2.75, 3.05) is 7.05 Å². The molecule has 0 aliphatic rings. The monoisotopic (exact) mass is 209 g/mol. The van der Waals surface area contributed by atoms with Crippen LogP contribution in [0.1, 0.15) is 36.4 Å². The van der Waals surface area contributed by atoms with Gasteiger partial charge >= 0.3 is 0 Å². The Hall–Kier alpha value is -0.600. The second-order valence-corrected chi connectivity index (χ2v) is 4.31. The minimum atomic E-state index is 0.515. The predicted octanol–water partition coefficient (Wildman–Crippen LogP) is 3.67. The van der Waals surface area contributed by atoms with Gasteiger partial charge in [0.1, 0.15) is 0 Å². The average Bonchev–Trinajstić information content (AvgIpc) is 2.60. The molecule has 1 aromatic rings. The summed E-state index contributed by atoms with van der Waals surface area (Å²) in [5.74, 6) is 0. The van der Waals surface area contributed by atoms with E-state index in [0.717, 1.165) is 6.42 Å². The maximum Gasteiger partial charge on any atom is 0.0328 e.